The third-order valence-electron chi connectivity index (χ3n) is 2.96. The molecular weight excluding hydrogens is 192 g/mol. The van der Waals surface area contributed by atoms with Crippen LogP contribution in [-0.2, 0) is 9.59 Å². The molecule has 15 heavy (non-hydrogen) atoms. The topological polar surface area (TPSA) is 58.2 Å². The molecule has 86 valence electrons. The van der Waals surface area contributed by atoms with E-state index in [0.717, 1.165) is 32.2 Å². The zero-order chi connectivity index (χ0) is 11.3. The van der Waals surface area contributed by atoms with E-state index in [9.17, 15) is 9.59 Å². The summed E-state index contributed by atoms with van der Waals surface area (Å²) in [4.78, 5) is 23.1. The summed E-state index contributed by atoms with van der Waals surface area (Å²) in [5.41, 5.74) is 0. The Balaban J connectivity index is 2.45. The van der Waals surface area contributed by atoms with Crippen LogP contribution in [0.25, 0.3) is 0 Å². The highest BCUT2D eigenvalue weighted by molar-refractivity contribution is 5.88. The van der Waals surface area contributed by atoms with Crippen molar-refractivity contribution in [2.24, 2.45) is 5.92 Å². The van der Waals surface area contributed by atoms with Gasteiger partial charge in [0, 0.05) is 12.5 Å². The summed E-state index contributed by atoms with van der Waals surface area (Å²) >= 11 is 0. The van der Waals surface area contributed by atoms with Gasteiger partial charge in [0.25, 0.3) is 0 Å². The molecule has 1 heterocycles. The highest BCUT2D eigenvalue weighted by Crippen LogP contribution is 2.09. The fourth-order valence-electron chi connectivity index (χ4n) is 1.86. The summed E-state index contributed by atoms with van der Waals surface area (Å²) in [6, 6.07) is -0.313. The predicted octanol–water partition coefficient (Wildman–Crippen LogP) is 0.817. The Kier molecular flexibility index (Phi) is 4.59. The standard InChI is InChI=1S/C11H20N2O2/c1-3-8(4-2)10(14)13-9-6-5-7-12-11(9)15/h8-9H,3-7H2,1-2H3,(H,12,15)(H,13,14). The van der Waals surface area contributed by atoms with Crippen molar-refractivity contribution in [3.05, 3.63) is 0 Å². The first kappa shape index (κ1) is 12.0. The maximum Gasteiger partial charge on any atom is 0.242 e. The first-order valence-electron chi connectivity index (χ1n) is 5.77. The normalized spacial score (nSPS) is 21.3. The molecule has 2 N–H and O–H groups in total. The number of carbonyl (C=O) groups is 2. The van der Waals surface area contributed by atoms with Crippen LogP contribution in [0.1, 0.15) is 39.5 Å². The molecule has 1 rings (SSSR count). The van der Waals surface area contributed by atoms with Crippen molar-refractivity contribution < 1.29 is 9.59 Å². The van der Waals surface area contributed by atoms with Gasteiger partial charge in [0.05, 0.1) is 0 Å². The SMILES string of the molecule is CCC(CC)C(=O)NC1CCCNC1=O. The highest BCUT2D eigenvalue weighted by Gasteiger charge is 2.25. The molecule has 0 spiro atoms. The van der Waals surface area contributed by atoms with Crippen LogP contribution in [-0.4, -0.2) is 24.4 Å². The summed E-state index contributed by atoms with van der Waals surface area (Å²) in [5, 5.41) is 5.58. The van der Waals surface area contributed by atoms with Gasteiger partial charge in [-0.25, -0.2) is 0 Å². The molecule has 1 saturated heterocycles. The first-order chi connectivity index (χ1) is 7.19. The molecule has 0 saturated carbocycles. The van der Waals surface area contributed by atoms with Crippen molar-refractivity contribution in [3.8, 4) is 0 Å². The van der Waals surface area contributed by atoms with Crippen molar-refractivity contribution >= 4 is 11.8 Å². The van der Waals surface area contributed by atoms with Crippen molar-refractivity contribution in [1.29, 1.82) is 0 Å². The molecule has 1 unspecified atom stereocenters. The third-order valence-corrected chi connectivity index (χ3v) is 2.96. The van der Waals surface area contributed by atoms with E-state index in [1.807, 2.05) is 13.8 Å². The van der Waals surface area contributed by atoms with Gasteiger partial charge in [-0.2, -0.15) is 0 Å². The van der Waals surface area contributed by atoms with E-state index < -0.39 is 0 Å². The zero-order valence-corrected chi connectivity index (χ0v) is 9.51. The molecule has 4 heteroatoms. The van der Waals surface area contributed by atoms with E-state index >= 15 is 0 Å². The first-order valence-corrected chi connectivity index (χ1v) is 5.77. The van der Waals surface area contributed by atoms with Crippen LogP contribution in [0.5, 0.6) is 0 Å². The quantitative estimate of drug-likeness (QED) is 0.724. The molecule has 4 nitrogen and oxygen atoms in total. The second-order valence-electron chi connectivity index (χ2n) is 4.01. The summed E-state index contributed by atoms with van der Waals surface area (Å²) in [7, 11) is 0. The minimum atomic E-state index is -0.313. The fraction of sp³-hybridized carbons (Fsp3) is 0.818. The van der Waals surface area contributed by atoms with Crippen LogP contribution >= 0.6 is 0 Å². The Morgan fingerprint density at radius 1 is 1.53 bits per heavy atom. The van der Waals surface area contributed by atoms with E-state index in [0.29, 0.717) is 0 Å². The van der Waals surface area contributed by atoms with Crippen molar-refractivity contribution in [3.63, 3.8) is 0 Å². The molecule has 1 fully saturated rings. The number of nitrogens with one attached hydrogen (secondary N) is 2. The van der Waals surface area contributed by atoms with E-state index in [2.05, 4.69) is 10.6 Å². The van der Waals surface area contributed by atoms with Crippen LogP contribution < -0.4 is 10.6 Å². The van der Waals surface area contributed by atoms with E-state index in [-0.39, 0.29) is 23.8 Å². The van der Waals surface area contributed by atoms with Gasteiger partial charge in [-0.05, 0) is 25.7 Å². The van der Waals surface area contributed by atoms with Crippen LogP contribution in [0.2, 0.25) is 0 Å². The lowest BCUT2D eigenvalue weighted by atomic mass is 10.0. The van der Waals surface area contributed by atoms with Gasteiger partial charge in [-0.15, -0.1) is 0 Å². The number of hydrogen-bond acceptors (Lipinski definition) is 2. The largest absolute Gasteiger partial charge is 0.354 e. The molecule has 0 bridgehead atoms. The fourth-order valence-corrected chi connectivity index (χ4v) is 1.86. The molecule has 0 aromatic heterocycles. The Bertz CT molecular complexity index is 237. The summed E-state index contributed by atoms with van der Waals surface area (Å²) in [6.45, 7) is 4.72. The molecular formula is C11H20N2O2. The van der Waals surface area contributed by atoms with Crippen LogP contribution in [0.15, 0.2) is 0 Å². The van der Waals surface area contributed by atoms with Gasteiger partial charge in [0.2, 0.25) is 11.8 Å². The van der Waals surface area contributed by atoms with E-state index in [4.69, 9.17) is 0 Å². The molecule has 0 aromatic carbocycles. The molecule has 0 aliphatic carbocycles. The molecule has 1 aliphatic heterocycles. The molecule has 0 radical (unpaired) electrons. The lowest BCUT2D eigenvalue weighted by molar-refractivity contribution is -0.132. The number of amides is 2. The number of rotatable bonds is 4. The van der Waals surface area contributed by atoms with E-state index in [1.165, 1.54) is 0 Å². The Hall–Kier alpha value is -1.06. The Labute approximate surface area is 90.8 Å². The number of carbonyl (C=O) groups excluding carboxylic acids is 2. The van der Waals surface area contributed by atoms with Gasteiger partial charge >= 0.3 is 0 Å². The van der Waals surface area contributed by atoms with E-state index in [1.54, 1.807) is 0 Å². The average Bonchev–Trinajstić information content (AvgIpc) is 2.23. The second kappa shape index (κ2) is 5.73. The van der Waals surface area contributed by atoms with Gasteiger partial charge < -0.3 is 10.6 Å². The smallest absolute Gasteiger partial charge is 0.242 e. The summed E-state index contributed by atoms with van der Waals surface area (Å²) < 4.78 is 0. The minimum Gasteiger partial charge on any atom is -0.354 e. The average molecular weight is 212 g/mol. The lowest BCUT2D eigenvalue weighted by Gasteiger charge is -2.24. The molecule has 1 aliphatic rings. The van der Waals surface area contributed by atoms with Crippen LogP contribution in [0.4, 0.5) is 0 Å². The minimum absolute atomic E-state index is 0.0158. The van der Waals surface area contributed by atoms with Gasteiger partial charge in [0.15, 0.2) is 0 Å². The maximum absolute atomic E-state index is 11.7. The van der Waals surface area contributed by atoms with Crippen molar-refractivity contribution in [1.82, 2.24) is 10.6 Å². The molecule has 0 aromatic rings. The van der Waals surface area contributed by atoms with Crippen molar-refractivity contribution in [2.75, 3.05) is 6.54 Å². The summed E-state index contributed by atoms with van der Waals surface area (Å²) in [6.07, 6.45) is 3.37. The second-order valence-corrected chi connectivity index (χ2v) is 4.01. The van der Waals surface area contributed by atoms with Gasteiger partial charge in [0.1, 0.15) is 6.04 Å². The van der Waals surface area contributed by atoms with Gasteiger partial charge in [-0.3, -0.25) is 9.59 Å². The zero-order valence-electron chi connectivity index (χ0n) is 9.51. The third kappa shape index (κ3) is 3.22. The van der Waals surface area contributed by atoms with Gasteiger partial charge in [-0.1, -0.05) is 13.8 Å². The summed E-state index contributed by atoms with van der Waals surface area (Å²) in [5.74, 6) is 0.0160. The number of hydrogen-bond donors (Lipinski definition) is 2. The maximum atomic E-state index is 11.7. The highest BCUT2D eigenvalue weighted by atomic mass is 16.2. The molecule has 2 amide bonds. The lowest BCUT2D eigenvalue weighted by Crippen LogP contribution is -2.51. The van der Waals surface area contributed by atoms with Crippen molar-refractivity contribution in [2.45, 2.75) is 45.6 Å². The Morgan fingerprint density at radius 2 is 2.20 bits per heavy atom. The molecule has 1 atom stereocenters. The predicted molar refractivity (Wildman–Crippen MR) is 58.2 cm³/mol. The number of piperidine rings is 1. The Morgan fingerprint density at radius 3 is 2.73 bits per heavy atom. The monoisotopic (exact) mass is 212 g/mol. The van der Waals surface area contributed by atoms with Crippen LogP contribution in [0, 0.1) is 5.92 Å². The van der Waals surface area contributed by atoms with Crippen LogP contribution in [0.3, 0.4) is 0 Å².